The summed E-state index contributed by atoms with van der Waals surface area (Å²) in [6, 6.07) is 6.00. The number of nitrogens with zero attached hydrogens (tertiary/aromatic N) is 1. The van der Waals surface area contributed by atoms with Crippen LogP contribution in [-0.2, 0) is 44.3 Å². The van der Waals surface area contributed by atoms with Gasteiger partial charge in [-0.1, -0.05) is 18.2 Å². The first-order chi connectivity index (χ1) is 8.93. The molecule has 0 aliphatic heterocycles. The van der Waals surface area contributed by atoms with E-state index in [0.717, 1.165) is 0 Å². The van der Waals surface area contributed by atoms with E-state index >= 15 is 0 Å². The van der Waals surface area contributed by atoms with Crippen LogP contribution < -0.4 is 4.57 Å². The Morgan fingerprint density at radius 3 is 1.11 bits per heavy atom. The molecule has 6 nitrogen and oxygen atoms in total. The Kier molecular flexibility index (Phi) is 135. The minimum absolute atomic E-state index is 0. The molecule has 0 amide bonds. The molecule has 1 heterocycles. The molecular weight excluding hydrogens is 422 g/mol. The minimum Gasteiger partial charge on any atom is 0 e. The number of hydrogen-bond donors (Lipinski definition) is 0. The maximum absolute atomic E-state index is 7.50. The van der Waals surface area contributed by atoms with Crippen molar-refractivity contribution in [3.8, 4) is 0 Å². The van der Waals surface area contributed by atoms with Gasteiger partial charge in [0.1, 0.15) is 0 Å². The van der Waals surface area contributed by atoms with Crippen LogP contribution in [0.15, 0.2) is 30.6 Å². The number of aromatic nitrogens is 1. The van der Waals surface area contributed by atoms with Crippen LogP contribution in [0.3, 0.4) is 0 Å². The van der Waals surface area contributed by atoms with Crippen molar-refractivity contribution in [1.82, 2.24) is 0 Å². The Labute approximate surface area is 126 Å². The van der Waals surface area contributed by atoms with Gasteiger partial charge in [0.15, 0.2) is 0 Å². The van der Waals surface area contributed by atoms with Crippen molar-refractivity contribution in [2.24, 2.45) is 0 Å². The van der Waals surface area contributed by atoms with Gasteiger partial charge in [-0.15, -0.1) is 0 Å². The maximum atomic E-state index is 7.50. The summed E-state index contributed by atoms with van der Waals surface area (Å²) in [6.45, 7) is 26.5. The fourth-order valence-electron chi connectivity index (χ4n) is 0.584. The van der Waals surface area contributed by atoms with Crippen LogP contribution in [0.4, 0.5) is 0 Å². The van der Waals surface area contributed by atoms with Crippen LogP contribution in [0, 0.1) is 39.8 Å². The van der Waals surface area contributed by atoms with Crippen molar-refractivity contribution < 1.29 is 48.9 Å². The molecule has 0 radical (unpaired) electrons. The van der Waals surface area contributed by atoms with Crippen LogP contribution in [0.5, 0.6) is 0 Å². The van der Waals surface area contributed by atoms with Gasteiger partial charge in [-0.25, -0.2) is 0 Å². The maximum Gasteiger partial charge on any atom is 0 e. The molecule has 0 saturated carbocycles. The predicted molar refractivity (Wildman–Crippen MR) is 51.7 cm³/mol. The third-order valence-corrected chi connectivity index (χ3v) is 1.04. The fourth-order valence-corrected chi connectivity index (χ4v) is 0.584. The Bertz CT molecular complexity index is 295. The fraction of sp³-hybridized carbons (Fsp3) is 0.0833. The summed E-state index contributed by atoms with van der Waals surface area (Å²) in [7, 11) is 0. The van der Waals surface area contributed by atoms with Gasteiger partial charge in [0.05, 0.1) is 12.4 Å². The molecule has 98 valence electrons. The van der Waals surface area contributed by atoms with E-state index < -0.39 is 0 Å². The minimum atomic E-state index is 0. The van der Waals surface area contributed by atoms with Gasteiger partial charge >= 0.3 is 56.5 Å². The van der Waals surface area contributed by atoms with E-state index in [-0.39, 0.29) is 21.1 Å². The van der Waals surface area contributed by atoms with Crippen LogP contribution in [-0.4, -0.2) is 0 Å². The van der Waals surface area contributed by atoms with E-state index in [0.29, 0.717) is 0 Å². The van der Waals surface area contributed by atoms with Gasteiger partial charge in [0.2, 0.25) is 0 Å². The van der Waals surface area contributed by atoms with E-state index in [9.17, 15) is 0 Å². The number of rotatable bonds is 1. The summed E-state index contributed by atoms with van der Waals surface area (Å²) in [4.78, 5) is 0. The Hall–Kier alpha value is -1.59. The Morgan fingerprint density at radius 2 is 0.947 bits per heavy atom. The second-order valence-corrected chi connectivity index (χ2v) is 1.58. The number of hydrogen-bond acceptors (Lipinski definition) is 0. The Balaban J connectivity index is -0.0000000332. The summed E-state index contributed by atoms with van der Waals surface area (Å²) in [5.74, 6) is 0. The standard InChI is InChI=1S/C7H9N.5CO.W/c1-2-8-6-4-3-5-7-8;5*1-2;/h2-7H,1H3;;;;;;. The average Bonchev–Trinajstić information content (AvgIpc) is 2.57. The van der Waals surface area contributed by atoms with Crippen LogP contribution in [0.2, 0.25) is 0 Å². The first-order valence-electron chi connectivity index (χ1n) is 3.71. The molecule has 0 aliphatic carbocycles. The predicted octanol–water partition coefficient (Wildman–Crippen LogP) is 0.814. The first kappa shape index (κ1) is 36.0. The summed E-state index contributed by atoms with van der Waals surface area (Å²) in [5, 5.41) is 0. The van der Waals surface area contributed by atoms with Crippen molar-refractivity contribution in [3.05, 3.63) is 70.4 Å². The van der Waals surface area contributed by atoms with E-state index in [1.54, 1.807) is 0 Å². The zero-order valence-corrected chi connectivity index (χ0v) is 12.8. The first-order valence-corrected chi connectivity index (χ1v) is 3.71. The molecule has 0 aliphatic rings. The van der Waals surface area contributed by atoms with E-state index in [1.165, 1.54) is 0 Å². The zero-order valence-electron chi connectivity index (χ0n) is 9.86. The second kappa shape index (κ2) is 71.0. The summed E-state index contributed by atoms with van der Waals surface area (Å²) in [6.07, 6.45) is 4.00. The van der Waals surface area contributed by atoms with Crippen molar-refractivity contribution >= 4 is 0 Å². The van der Waals surface area contributed by atoms with Crippen molar-refractivity contribution in [1.29, 1.82) is 0 Å². The summed E-state index contributed by atoms with van der Waals surface area (Å²) in [5.41, 5.74) is 0. The molecule has 0 bridgehead atoms. The molecule has 1 aromatic rings. The number of pyridine rings is 1. The van der Waals surface area contributed by atoms with Crippen LogP contribution in [0.25, 0.3) is 0 Å². The van der Waals surface area contributed by atoms with Crippen LogP contribution in [0.1, 0.15) is 6.92 Å². The van der Waals surface area contributed by atoms with E-state index in [2.05, 4.69) is 33.3 Å². The van der Waals surface area contributed by atoms with Gasteiger partial charge in [0, 0.05) is 27.6 Å². The largest absolute Gasteiger partial charge is 0 e. The average molecular weight is 431 g/mol. The van der Waals surface area contributed by atoms with E-state index in [4.69, 9.17) is 23.3 Å². The topological polar surface area (TPSA) is 103 Å². The molecule has 1 aromatic heterocycles. The molecule has 19 heavy (non-hydrogen) atoms. The molecule has 7 heteroatoms. The van der Waals surface area contributed by atoms with Gasteiger partial charge in [-0.3, -0.25) is 0 Å². The third-order valence-electron chi connectivity index (χ3n) is 1.04. The van der Waals surface area contributed by atoms with Crippen LogP contribution >= 0.6 is 0 Å². The molecule has 0 atom stereocenters. The summed E-state index contributed by atoms with van der Waals surface area (Å²) >= 11 is 0. The molecule has 0 unspecified atom stereocenters. The van der Waals surface area contributed by atoms with Gasteiger partial charge in [-0.2, -0.15) is 0 Å². The molecular formula is C12H9NO5W. The molecule has 0 aromatic carbocycles. The molecule has 0 saturated heterocycles. The smallest absolute Gasteiger partial charge is 0 e. The third kappa shape index (κ3) is 48.2. The molecule has 0 spiro atoms. The zero-order chi connectivity index (χ0) is 15.8. The van der Waals surface area contributed by atoms with Crippen molar-refractivity contribution in [3.63, 3.8) is 0 Å². The Morgan fingerprint density at radius 1 is 0.684 bits per heavy atom. The van der Waals surface area contributed by atoms with Gasteiger partial charge < -0.3 is 4.57 Å². The normalized spacial score (nSPS) is 4.16. The van der Waals surface area contributed by atoms with E-state index in [1.807, 2.05) is 48.6 Å². The van der Waals surface area contributed by atoms with Crippen molar-refractivity contribution in [2.45, 2.75) is 6.92 Å². The summed E-state index contributed by atoms with van der Waals surface area (Å²) < 4.78 is 39.5. The molecule has 1 rings (SSSR count). The molecule has 0 N–H and O–H groups in total. The quantitative estimate of drug-likeness (QED) is 0.357. The monoisotopic (exact) mass is 431 g/mol. The SMILES string of the molecule is C[CH-][n+]1ccccc1.[C-]#[O+].[C-]#[O+].[C-]#[O+].[C-]#[O+].[C-]#[O+].[W]. The van der Waals surface area contributed by atoms with Gasteiger partial charge in [-0.05, 0) is 6.92 Å². The molecule has 0 fully saturated rings. The van der Waals surface area contributed by atoms with Crippen molar-refractivity contribution in [2.75, 3.05) is 0 Å². The van der Waals surface area contributed by atoms with Gasteiger partial charge in [0.25, 0.3) is 0 Å². The second-order valence-electron chi connectivity index (χ2n) is 1.58.